The minimum Gasteiger partial charge on any atom is -0.481 e. The van der Waals surface area contributed by atoms with Gasteiger partial charge in [0.25, 0.3) is 0 Å². The van der Waals surface area contributed by atoms with Gasteiger partial charge in [0.15, 0.2) is 0 Å². The lowest BCUT2D eigenvalue weighted by Crippen LogP contribution is -2.19. The summed E-state index contributed by atoms with van der Waals surface area (Å²) in [6.45, 7) is 0. The van der Waals surface area contributed by atoms with Gasteiger partial charge in [-0.2, -0.15) is 5.26 Å². The largest absolute Gasteiger partial charge is 0.573 e. The molecule has 0 unspecified atom stereocenters. The van der Waals surface area contributed by atoms with Gasteiger partial charge in [0.2, 0.25) is 0 Å². The second kappa shape index (κ2) is 5.80. The second-order valence-electron chi connectivity index (χ2n) is 3.48. The van der Waals surface area contributed by atoms with Crippen LogP contribution >= 0.6 is 11.6 Å². The Kier molecular flexibility index (Phi) is 4.62. The predicted octanol–water partition coefficient (Wildman–Crippen LogP) is 2.82. The summed E-state index contributed by atoms with van der Waals surface area (Å²) in [6, 6.07) is 3.70. The highest BCUT2D eigenvalue weighted by molar-refractivity contribution is 6.17. The highest BCUT2D eigenvalue weighted by Gasteiger charge is 2.32. The van der Waals surface area contributed by atoms with Crippen LogP contribution in [0.3, 0.4) is 0 Å². The minimum absolute atomic E-state index is 0.0146. The molecule has 0 heterocycles. The average molecular weight is 294 g/mol. The molecule has 0 aliphatic carbocycles. The van der Waals surface area contributed by atoms with Crippen molar-refractivity contribution in [2.75, 3.05) is 0 Å². The van der Waals surface area contributed by atoms with Crippen LogP contribution in [0.4, 0.5) is 13.2 Å². The van der Waals surface area contributed by atoms with E-state index in [1.165, 1.54) is 0 Å². The maximum Gasteiger partial charge on any atom is 0.573 e. The van der Waals surface area contributed by atoms with E-state index in [2.05, 4.69) is 4.74 Å². The van der Waals surface area contributed by atoms with Gasteiger partial charge in [-0.3, -0.25) is 4.79 Å². The zero-order chi connectivity index (χ0) is 14.6. The maximum atomic E-state index is 12.2. The van der Waals surface area contributed by atoms with Crippen molar-refractivity contribution >= 4 is 17.6 Å². The normalized spacial score (nSPS) is 10.9. The van der Waals surface area contributed by atoms with Crippen molar-refractivity contribution in [1.29, 1.82) is 5.26 Å². The molecule has 0 fully saturated rings. The van der Waals surface area contributed by atoms with E-state index in [9.17, 15) is 18.0 Å². The van der Waals surface area contributed by atoms with Crippen LogP contribution in [0.25, 0.3) is 0 Å². The van der Waals surface area contributed by atoms with E-state index in [1.807, 2.05) is 0 Å². The van der Waals surface area contributed by atoms with E-state index in [-0.39, 0.29) is 22.6 Å². The van der Waals surface area contributed by atoms with E-state index in [0.29, 0.717) is 0 Å². The van der Waals surface area contributed by atoms with Crippen molar-refractivity contribution in [3.63, 3.8) is 0 Å². The Morgan fingerprint density at radius 3 is 2.47 bits per heavy atom. The Hall–Kier alpha value is -1.94. The summed E-state index contributed by atoms with van der Waals surface area (Å²) >= 11 is 5.51. The number of carbonyl (C=O) groups is 1. The molecule has 0 aliphatic rings. The molecular weight excluding hydrogens is 287 g/mol. The van der Waals surface area contributed by atoms with Crippen LogP contribution < -0.4 is 4.74 Å². The number of carboxylic acids is 1. The quantitative estimate of drug-likeness (QED) is 0.867. The Morgan fingerprint density at radius 1 is 1.42 bits per heavy atom. The first-order chi connectivity index (χ1) is 8.76. The number of ether oxygens (including phenoxy) is 1. The third-order valence-corrected chi connectivity index (χ3v) is 2.41. The molecule has 0 radical (unpaired) electrons. The third kappa shape index (κ3) is 4.34. The molecule has 1 aromatic carbocycles. The van der Waals surface area contributed by atoms with Gasteiger partial charge in [-0.15, -0.1) is 24.8 Å². The van der Waals surface area contributed by atoms with Crippen molar-refractivity contribution in [2.24, 2.45) is 0 Å². The van der Waals surface area contributed by atoms with Crippen LogP contribution in [-0.4, -0.2) is 17.4 Å². The molecule has 0 saturated carbocycles. The first-order valence-corrected chi connectivity index (χ1v) is 5.39. The monoisotopic (exact) mass is 293 g/mol. The number of nitriles is 1. The number of halogens is 4. The summed E-state index contributed by atoms with van der Waals surface area (Å²) in [5.41, 5.74) is -0.0893. The molecule has 0 atom stereocenters. The van der Waals surface area contributed by atoms with Crippen LogP contribution in [-0.2, 0) is 17.1 Å². The van der Waals surface area contributed by atoms with E-state index < -0.39 is 24.5 Å². The molecule has 1 N–H and O–H groups in total. The molecule has 0 saturated heterocycles. The smallest absolute Gasteiger partial charge is 0.481 e. The first-order valence-electron chi connectivity index (χ1n) is 4.86. The van der Waals surface area contributed by atoms with Crippen molar-refractivity contribution < 1.29 is 27.8 Å². The number of alkyl halides is 4. The van der Waals surface area contributed by atoms with Crippen LogP contribution in [0.5, 0.6) is 5.75 Å². The molecular formula is C11H7ClF3NO3. The van der Waals surface area contributed by atoms with Gasteiger partial charge in [0, 0.05) is 11.4 Å². The molecule has 0 bridgehead atoms. The molecule has 0 aromatic heterocycles. The number of nitrogens with zero attached hydrogens (tertiary/aromatic N) is 1. The van der Waals surface area contributed by atoms with Gasteiger partial charge >= 0.3 is 12.3 Å². The molecule has 0 spiro atoms. The molecule has 0 aliphatic heterocycles. The van der Waals surface area contributed by atoms with Gasteiger partial charge in [-0.1, -0.05) is 0 Å². The van der Waals surface area contributed by atoms with Crippen molar-refractivity contribution in [3.8, 4) is 11.8 Å². The lowest BCUT2D eigenvalue weighted by molar-refractivity contribution is -0.275. The Labute approximate surface area is 111 Å². The Bertz CT molecular complexity index is 537. The molecule has 8 heteroatoms. The summed E-state index contributed by atoms with van der Waals surface area (Å²) in [7, 11) is 0. The van der Waals surface area contributed by atoms with Crippen LogP contribution in [0, 0.1) is 11.3 Å². The summed E-state index contributed by atoms with van der Waals surface area (Å²) in [5.74, 6) is -2.19. The lowest BCUT2D eigenvalue weighted by atomic mass is 10.0. The number of hydrogen-bond acceptors (Lipinski definition) is 3. The molecule has 1 rings (SSSR count). The van der Waals surface area contributed by atoms with E-state index in [4.69, 9.17) is 22.0 Å². The van der Waals surface area contributed by atoms with Gasteiger partial charge in [0.1, 0.15) is 5.75 Å². The minimum atomic E-state index is -4.95. The van der Waals surface area contributed by atoms with Gasteiger partial charge < -0.3 is 9.84 Å². The highest BCUT2D eigenvalue weighted by Crippen LogP contribution is 2.30. The number of rotatable bonds is 4. The number of hydrogen-bond donors (Lipinski definition) is 1. The predicted molar refractivity (Wildman–Crippen MR) is 58.7 cm³/mol. The molecule has 19 heavy (non-hydrogen) atoms. The van der Waals surface area contributed by atoms with Crippen molar-refractivity contribution in [2.45, 2.75) is 18.7 Å². The molecule has 1 aromatic rings. The van der Waals surface area contributed by atoms with Crippen molar-refractivity contribution in [3.05, 3.63) is 28.8 Å². The van der Waals surface area contributed by atoms with E-state index in [0.717, 1.165) is 12.1 Å². The van der Waals surface area contributed by atoms with E-state index in [1.54, 1.807) is 6.07 Å². The second-order valence-corrected chi connectivity index (χ2v) is 3.75. The third-order valence-electron chi connectivity index (χ3n) is 2.12. The first kappa shape index (κ1) is 15.1. The van der Waals surface area contributed by atoms with Crippen LogP contribution in [0.1, 0.15) is 16.7 Å². The SMILES string of the molecule is N#Cc1cc(CC(=O)O)c(OC(F)(F)F)cc1CCl. The zero-order valence-electron chi connectivity index (χ0n) is 9.29. The van der Waals surface area contributed by atoms with Crippen LogP contribution in [0.2, 0.25) is 0 Å². The Morgan fingerprint density at radius 2 is 2.05 bits per heavy atom. The standard InChI is InChI=1S/C11H7ClF3NO3/c12-4-7-2-9(19-11(13,14)15)6(3-10(17)18)1-8(7)5-16/h1-2H,3-4H2,(H,17,18). The summed E-state index contributed by atoms with van der Waals surface area (Å²) in [4.78, 5) is 10.6. The summed E-state index contributed by atoms with van der Waals surface area (Å²) in [5, 5.41) is 17.4. The van der Waals surface area contributed by atoms with Crippen molar-refractivity contribution in [1.82, 2.24) is 0 Å². The fourth-order valence-electron chi connectivity index (χ4n) is 1.40. The number of aliphatic carboxylic acids is 1. The fourth-order valence-corrected chi connectivity index (χ4v) is 1.62. The topological polar surface area (TPSA) is 70.3 Å². The highest BCUT2D eigenvalue weighted by atomic mass is 35.5. The fraction of sp³-hybridized carbons (Fsp3) is 0.273. The van der Waals surface area contributed by atoms with Gasteiger partial charge in [-0.25, -0.2) is 0 Å². The average Bonchev–Trinajstić information content (AvgIpc) is 2.28. The summed E-state index contributed by atoms with van der Waals surface area (Å²) in [6.07, 6.45) is -5.65. The lowest BCUT2D eigenvalue weighted by Gasteiger charge is -2.14. The molecule has 4 nitrogen and oxygen atoms in total. The van der Waals surface area contributed by atoms with E-state index >= 15 is 0 Å². The van der Waals surface area contributed by atoms with Crippen LogP contribution in [0.15, 0.2) is 12.1 Å². The maximum absolute atomic E-state index is 12.2. The molecule has 102 valence electrons. The van der Waals surface area contributed by atoms with Gasteiger partial charge in [0.05, 0.1) is 18.1 Å². The number of carboxylic acid groups (broad SMARTS) is 1. The summed E-state index contributed by atoms with van der Waals surface area (Å²) < 4.78 is 40.4. The van der Waals surface area contributed by atoms with Gasteiger partial charge in [-0.05, 0) is 17.7 Å². The Balaban J connectivity index is 3.32. The molecule has 0 amide bonds. The number of benzene rings is 1. The zero-order valence-corrected chi connectivity index (χ0v) is 10.0.